The number of anilines is 1. The lowest BCUT2D eigenvalue weighted by atomic mass is 10.2. The molecule has 4 nitrogen and oxygen atoms in total. The average Bonchev–Trinajstić information content (AvgIpc) is 2.67. The summed E-state index contributed by atoms with van der Waals surface area (Å²) >= 11 is 2.19. The third kappa shape index (κ3) is 2.06. The van der Waals surface area contributed by atoms with Crippen molar-refractivity contribution in [1.82, 2.24) is 4.98 Å². The zero-order valence-electron chi connectivity index (χ0n) is 8.06. The van der Waals surface area contributed by atoms with Crippen molar-refractivity contribution in [3.8, 4) is 0 Å². The van der Waals surface area contributed by atoms with Crippen LogP contribution >= 0.6 is 22.6 Å². The van der Waals surface area contributed by atoms with E-state index in [-0.39, 0.29) is 0 Å². The van der Waals surface area contributed by atoms with Crippen molar-refractivity contribution < 1.29 is 9.90 Å². The third-order valence-corrected chi connectivity index (χ3v) is 3.39. The highest BCUT2D eigenvalue weighted by Gasteiger charge is 2.32. The monoisotopic (exact) mass is 318 g/mol. The largest absolute Gasteiger partial charge is 0.480 e. The van der Waals surface area contributed by atoms with Crippen LogP contribution in [0.4, 0.5) is 5.82 Å². The van der Waals surface area contributed by atoms with E-state index in [9.17, 15) is 4.79 Å². The number of aromatic nitrogens is 1. The SMILES string of the molecule is O=C(O)[C@@H]1CCCN1c1ncccc1I. The van der Waals surface area contributed by atoms with E-state index >= 15 is 0 Å². The second kappa shape index (κ2) is 4.34. The molecule has 0 bridgehead atoms. The molecule has 1 saturated heterocycles. The average molecular weight is 318 g/mol. The first-order valence-electron chi connectivity index (χ1n) is 4.80. The number of aliphatic carboxylic acids is 1. The minimum atomic E-state index is -0.756. The van der Waals surface area contributed by atoms with Crippen LogP contribution in [-0.4, -0.2) is 28.6 Å². The number of carbonyl (C=O) groups is 1. The second-order valence-electron chi connectivity index (χ2n) is 3.50. The van der Waals surface area contributed by atoms with Crippen LogP contribution in [0.2, 0.25) is 0 Å². The Kier molecular flexibility index (Phi) is 3.08. The van der Waals surface area contributed by atoms with Crippen molar-refractivity contribution in [3.05, 3.63) is 21.9 Å². The van der Waals surface area contributed by atoms with E-state index in [4.69, 9.17) is 5.11 Å². The fourth-order valence-electron chi connectivity index (χ4n) is 1.87. The number of carboxylic acids is 1. The maximum absolute atomic E-state index is 11.0. The molecule has 1 aliphatic heterocycles. The van der Waals surface area contributed by atoms with E-state index in [0.717, 1.165) is 22.4 Å². The van der Waals surface area contributed by atoms with Crippen molar-refractivity contribution >= 4 is 34.4 Å². The molecule has 0 radical (unpaired) electrons. The molecular formula is C10H11IN2O2. The summed E-state index contributed by atoms with van der Waals surface area (Å²) in [7, 11) is 0. The Labute approximate surface area is 101 Å². The first-order valence-corrected chi connectivity index (χ1v) is 5.88. The predicted molar refractivity (Wildman–Crippen MR) is 65.0 cm³/mol. The first-order chi connectivity index (χ1) is 7.20. The van der Waals surface area contributed by atoms with Gasteiger partial charge in [-0.05, 0) is 47.6 Å². The molecule has 1 aromatic rings. The lowest BCUT2D eigenvalue weighted by Crippen LogP contribution is -2.36. The summed E-state index contributed by atoms with van der Waals surface area (Å²) in [6, 6.07) is 3.39. The van der Waals surface area contributed by atoms with Gasteiger partial charge in [-0.1, -0.05) is 0 Å². The van der Waals surface area contributed by atoms with Crippen molar-refractivity contribution in [2.24, 2.45) is 0 Å². The second-order valence-corrected chi connectivity index (χ2v) is 4.66. The van der Waals surface area contributed by atoms with Gasteiger partial charge in [-0.25, -0.2) is 9.78 Å². The lowest BCUT2D eigenvalue weighted by molar-refractivity contribution is -0.138. The summed E-state index contributed by atoms with van der Waals surface area (Å²) in [4.78, 5) is 17.2. The number of carboxylic acid groups (broad SMARTS) is 1. The molecule has 0 aromatic carbocycles. The van der Waals surface area contributed by atoms with Crippen LogP contribution in [-0.2, 0) is 4.79 Å². The minimum absolute atomic E-state index is 0.409. The van der Waals surface area contributed by atoms with Gasteiger partial charge in [-0.2, -0.15) is 0 Å². The molecular weight excluding hydrogens is 307 g/mol. The van der Waals surface area contributed by atoms with Crippen LogP contribution in [0, 0.1) is 3.57 Å². The maximum Gasteiger partial charge on any atom is 0.326 e. The minimum Gasteiger partial charge on any atom is -0.480 e. The van der Waals surface area contributed by atoms with Gasteiger partial charge in [0.15, 0.2) is 0 Å². The van der Waals surface area contributed by atoms with Crippen LogP contribution in [0.1, 0.15) is 12.8 Å². The van der Waals surface area contributed by atoms with Crippen molar-refractivity contribution in [1.29, 1.82) is 0 Å². The lowest BCUT2D eigenvalue weighted by Gasteiger charge is -2.23. The molecule has 5 heteroatoms. The van der Waals surface area contributed by atoms with Crippen LogP contribution in [0.25, 0.3) is 0 Å². The van der Waals surface area contributed by atoms with E-state index < -0.39 is 12.0 Å². The smallest absolute Gasteiger partial charge is 0.326 e. The fourth-order valence-corrected chi connectivity index (χ4v) is 2.52. The normalized spacial score (nSPS) is 20.6. The Morgan fingerprint density at radius 2 is 2.47 bits per heavy atom. The van der Waals surface area contributed by atoms with Gasteiger partial charge in [0.1, 0.15) is 11.9 Å². The van der Waals surface area contributed by atoms with Gasteiger partial charge in [-0.3, -0.25) is 0 Å². The Morgan fingerprint density at radius 1 is 1.67 bits per heavy atom. The molecule has 1 N–H and O–H groups in total. The topological polar surface area (TPSA) is 53.4 Å². The Bertz CT molecular complexity index is 383. The van der Waals surface area contributed by atoms with Gasteiger partial charge in [0.2, 0.25) is 0 Å². The molecule has 2 heterocycles. The standard InChI is InChI=1S/C10H11IN2O2/c11-7-3-1-5-12-9(7)13-6-2-4-8(13)10(14)15/h1,3,5,8H,2,4,6H2,(H,14,15)/t8-/m0/s1. The van der Waals surface area contributed by atoms with E-state index in [1.54, 1.807) is 6.20 Å². The number of hydrogen-bond acceptors (Lipinski definition) is 3. The summed E-state index contributed by atoms with van der Waals surface area (Å²) < 4.78 is 1.00. The Hall–Kier alpha value is -0.850. The molecule has 0 spiro atoms. The van der Waals surface area contributed by atoms with Crippen LogP contribution in [0.5, 0.6) is 0 Å². The maximum atomic E-state index is 11.0. The van der Waals surface area contributed by atoms with E-state index in [1.807, 2.05) is 17.0 Å². The molecule has 15 heavy (non-hydrogen) atoms. The summed E-state index contributed by atoms with van der Waals surface area (Å²) in [6.45, 7) is 0.782. The van der Waals surface area contributed by atoms with Gasteiger partial charge in [0, 0.05) is 12.7 Å². The highest BCUT2D eigenvalue weighted by atomic mass is 127. The molecule has 2 rings (SSSR count). The summed E-state index contributed by atoms with van der Waals surface area (Å²) in [5.41, 5.74) is 0. The Balaban J connectivity index is 2.30. The van der Waals surface area contributed by atoms with E-state index in [1.165, 1.54) is 0 Å². The molecule has 0 amide bonds. The van der Waals surface area contributed by atoms with Crippen molar-refractivity contribution in [3.63, 3.8) is 0 Å². The summed E-state index contributed by atoms with van der Waals surface area (Å²) in [5.74, 6) is 0.0388. The molecule has 1 atom stereocenters. The third-order valence-electron chi connectivity index (χ3n) is 2.55. The van der Waals surface area contributed by atoms with Gasteiger partial charge < -0.3 is 10.0 Å². The van der Waals surface area contributed by atoms with Crippen LogP contribution in [0.15, 0.2) is 18.3 Å². The highest BCUT2D eigenvalue weighted by Crippen LogP contribution is 2.27. The van der Waals surface area contributed by atoms with Crippen LogP contribution in [0.3, 0.4) is 0 Å². The zero-order chi connectivity index (χ0) is 10.8. The van der Waals surface area contributed by atoms with E-state index in [2.05, 4.69) is 27.6 Å². The molecule has 0 aliphatic carbocycles. The zero-order valence-corrected chi connectivity index (χ0v) is 10.2. The van der Waals surface area contributed by atoms with Crippen molar-refractivity contribution in [2.45, 2.75) is 18.9 Å². The predicted octanol–water partition coefficient (Wildman–Crippen LogP) is 1.74. The molecule has 1 aliphatic rings. The number of rotatable bonds is 2. The van der Waals surface area contributed by atoms with Crippen molar-refractivity contribution in [2.75, 3.05) is 11.4 Å². The highest BCUT2D eigenvalue weighted by molar-refractivity contribution is 14.1. The summed E-state index contributed by atoms with van der Waals surface area (Å²) in [6.07, 6.45) is 3.33. The molecule has 1 aromatic heterocycles. The molecule has 0 unspecified atom stereocenters. The van der Waals surface area contributed by atoms with Crippen LogP contribution < -0.4 is 4.90 Å². The fraction of sp³-hybridized carbons (Fsp3) is 0.400. The summed E-state index contributed by atoms with van der Waals surface area (Å²) in [5, 5.41) is 9.06. The first kappa shape index (κ1) is 10.7. The Morgan fingerprint density at radius 3 is 3.13 bits per heavy atom. The van der Waals surface area contributed by atoms with Gasteiger partial charge in [0.25, 0.3) is 0 Å². The molecule has 0 saturated carbocycles. The van der Waals surface area contributed by atoms with E-state index in [0.29, 0.717) is 6.42 Å². The molecule has 1 fully saturated rings. The number of hydrogen-bond donors (Lipinski definition) is 1. The van der Waals surface area contributed by atoms with Gasteiger partial charge in [-0.15, -0.1) is 0 Å². The quantitative estimate of drug-likeness (QED) is 0.844. The van der Waals surface area contributed by atoms with Gasteiger partial charge in [0.05, 0.1) is 3.57 Å². The number of halogens is 1. The number of nitrogens with zero attached hydrogens (tertiary/aromatic N) is 2. The molecule has 80 valence electrons. The van der Waals surface area contributed by atoms with Gasteiger partial charge >= 0.3 is 5.97 Å². The number of pyridine rings is 1.